The monoisotopic (exact) mass is 178 g/mol. The quantitative estimate of drug-likeness (QED) is 0.479. The Balaban J connectivity index is 4.34. The normalized spacial score (nSPS) is 12.9. The molecule has 0 heterocycles. The van der Waals surface area contributed by atoms with Crippen molar-refractivity contribution >= 4 is 17.6 Å². The minimum Gasteiger partial charge on any atom is -0.458 e. The summed E-state index contributed by atoms with van der Waals surface area (Å²) in [6.45, 7) is 8.60. The fourth-order valence-corrected chi connectivity index (χ4v) is 0.519. The van der Waals surface area contributed by atoms with Gasteiger partial charge in [0.1, 0.15) is 5.60 Å². The van der Waals surface area contributed by atoms with Crippen molar-refractivity contribution in [2.75, 3.05) is 0 Å². The molecule has 0 unspecified atom stereocenters. The standard InChI is InChI=1S/C8H15ClO2/c1-6(10)11-8(4,5)7(2,3)9/h1-5H3. The van der Waals surface area contributed by atoms with Crippen molar-refractivity contribution in [2.45, 2.75) is 45.1 Å². The third-order valence-electron chi connectivity index (χ3n) is 1.83. The molecule has 0 aliphatic heterocycles. The highest BCUT2D eigenvalue weighted by Crippen LogP contribution is 2.31. The number of halogens is 1. The molecule has 2 nitrogen and oxygen atoms in total. The summed E-state index contributed by atoms with van der Waals surface area (Å²) >= 11 is 5.99. The second-order valence-corrected chi connectivity index (χ2v) is 4.52. The van der Waals surface area contributed by atoms with E-state index in [1.807, 2.05) is 13.8 Å². The predicted molar refractivity (Wildman–Crippen MR) is 45.8 cm³/mol. The fraction of sp³-hybridized carbons (Fsp3) is 0.875. The Kier molecular flexibility index (Phi) is 2.95. The van der Waals surface area contributed by atoms with E-state index in [1.54, 1.807) is 13.8 Å². The SMILES string of the molecule is CC(=O)OC(C)(C)C(C)(C)Cl. The van der Waals surface area contributed by atoms with Crippen LogP contribution in [-0.4, -0.2) is 16.4 Å². The Morgan fingerprint density at radius 2 is 1.64 bits per heavy atom. The molecular weight excluding hydrogens is 164 g/mol. The van der Waals surface area contributed by atoms with Crippen LogP contribution < -0.4 is 0 Å². The molecule has 0 radical (unpaired) electrons. The van der Waals surface area contributed by atoms with Crippen LogP contribution in [0.1, 0.15) is 34.6 Å². The van der Waals surface area contributed by atoms with Gasteiger partial charge in [-0.25, -0.2) is 0 Å². The minimum atomic E-state index is -0.625. The fourth-order valence-electron chi connectivity index (χ4n) is 0.481. The Morgan fingerprint density at radius 1 is 1.27 bits per heavy atom. The lowest BCUT2D eigenvalue weighted by Gasteiger charge is -2.35. The van der Waals surface area contributed by atoms with Gasteiger partial charge in [0.15, 0.2) is 0 Å². The lowest BCUT2D eigenvalue weighted by atomic mass is 9.93. The zero-order valence-corrected chi connectivity index (χ0v) is 8.45. The number of rotatable bonds is 2. The molecule has 0 saturated heterocycles. The molecule has 0 amide bonds. The van der Waals surface area contributed by atoms with Gasteiger partial charge in [0.05, 0.1) is 4.87 Å². The number of hydrogen-bond acceptors (Lipinski definition) is 2. The van der Waals surface area contributed by atoms with Crippen molar-refractivity contribution in [1.29, 1.82) is 0 Å². The van der Waals surface area contributed by atoms with Gasteiger partial charge < -0.3 is 4.74 Å². The van der Waals surface area contributed by atoms with Gasteiger partial charge in [-0.3, -0.25) is 4.79 Å². The molecule has 0 aromatic rings. The molecule has 0 bridgehead atoms. The Labute approximate surface area is 72.9 Å². The van der Waals surface area contributed by atoms with Gasteiger partial charge in [0.2, 0.25) is 0 Å². The third-order valence-corrected chi connectivity index (χ3v) is 2.29. The van der Waals surface area contributed by atoms with Crippen LogP contribution in [0.3, 0.4) is 0 Å². The van der Waals surface area contributed by atoms with Crippen molar-refractivity contribution in [2.24, 2.45) is 0 Å². The zero-order chi connectivity index (χ0) is 9.28. The molecule has 0 fully saturated rings. The van der Waals surface area contributed by atoms with Crippen LogP contribution in [0.25, 0.3) is 0 Å². The van der Waals surface area contributed by atoms with Crippen LogP contribution >= 0.6 is 11.6 Å². The summed E-state index contributed by atoms with van der Waals surface area (Å²) in [5, 5.41) is 0. The van der Waals surface area contributed by atoms with E-state index in [-0.39, 0.29) is 5.97 Å². The van der Waals surface area contributed by atoms with E-state index in [0.29, 0.717) is 0 Å². The molecule has 3 heteroatoms. The molecule has 66 valence electrons. The number of esters is 1. The smallest absolute Gasteiger partial charge is 0.303 e. The highest BCUT2D eigenvalue weighted by Gasteiger charge is 2.38. The molecule has 0 aliphatic rings. The van der Waals surface area contributed by atoms with Gasteiger partial charge in [-0.1, -0.05) is 0 Å². The first kappa shape index (κ1) is 10.8. The first-order valence-electron chi connectivity index (χ1n) is 3.55. The highest BCUT2D eigenvalue weighted by molar-refractivity contribution is 6.24. The van der Waals surface area contributed by atoms with Crippen LogP contribution in [-0.2, 0) is 9.53 Å². The summed E-state index contributed by atoms with van der Waals surface area (Å²) < 4.78 is 5.03. The van der Waals surface area contributed by atoms with Crippen LogP contribution in [0.15, 0.2) is 0 Å². The first-order chi connectivity index (χ1) is 4.67. The molecular formula is C8H15ClO2. The van der Waals surface area contributed by atoms with Gasteiger partial charge in [0, 0.05) is 6.92 Å². The summed E-state index contributed by atoms with van der Waals surface area (Å²) in [5.41, 5.74) is -0.625. The van der Waals surface area contributed by atoms with Gasteiger partial charge in [-0.15, -0.1) is 11.6 Å². The van der Waals surface area contributed by atoms with E-state index in [1.165, 1.54) is 6.92 Å². The van der Waals surface area contributed by atoms with Crippen molar-refractivity contribution in [1.82, 2.24) is 0 Å². The van der Waals surface area contributed by atoms with E-state index in [9.17, 15) is 4.79 Å². The predicted octanol–water partition coefficient (Wildman–Crippen LogP) is 2.35. The Hall–Kier alpha value is -0.240. The second kappa shape index (κ2) is 3.02. The van der Waals surface area contributed by atoms with E-state index in [4.69, 9.17) is 16.3 Å². The summed E-state index contributed by atoms with van der Waals surface area (Å²) in [6, 6.07) is 0. The maximum Gasteiger partial charge on any atom is 0.303 e. The van der Waals surface area contributed by atoms with Crippen LogP contribution in [0.5, 0.6) is 0 Å². The summed E-state index contributed by atoms with van der Waals surface area (Å²) in [5.74, 6) is -0.302. The van der Waals surface area contributed by atoms with Crippen LogP contribution in [0.4, 0.5) is 0 Å². The van der Waals surface area contributed by atoms with Crippen molar-refractivity contribution in [3.63, 3.8) is 0 Å². The Morgan fingerprint density at radius 3 is 1.73 bits per heavy atom. The number of alkyl halides is 1. The van der Waals surface area contributed by atoms with Crippen LogP contribution in [0.2, 0.25) is 0 Å². The van der Waals surface area contributed by atoms with E-state index >= 15 is 0 Å². The van der Waals surface area contributed by atoms with E-state index < -0.39 is 10.5 Å². The van der Waals surface area contributed by atoms with E-state index in [2.05, 4.69) is 0 Å². The lowest BCUT2D eigenvalue weighted by molar-refractivity contribution is -0.156. The second-order valence-electron chi connectivity index (χ2n) is 3.58. The number of hydrogen-bond donors (Lipinski definition) is 0. The molecule has 0 rings (SSSR count). The minimum absolute atomic E-state index is 0.302. The average molecular weight is 179 g/mol. The largest absolute Gasteiger partial charge is 0.458 e. The van der Waals surface area contributed by atoms with Crippen LogP contribution in [0, 0.1) is 0 Å². The average Bonchev–Trinajstić information content (AvgIpc) is 1.56. The van der Waals surface area contributed by atoms with Gasteiger partial charge in [-0.05, 0) is 27.7 Å². The molecule has 0 saturated carbocycles. The van der Waals surface area contributed by atoms with Gasteiger partial charge >= 0.3 is 5.97 Å². The van der Waals surface area contributed by atoms with Crippen molar-refractivity contribution in [3.8, 4) is 0 Å². The molecule has 0 aromatic heterocycles. The van der Waals surface area contributed by atoms with Crippen molar-refractivity contribution < 1.29 is 9.53 Å². The summed E-state index contributed by atoms with van der Waals surface area (Å²) in [7, 11) is 0. The highest BCUT2D eigenvalue weighted by atomic mass is 35.5. The lowest BCUT2D eigenvalue weighted by Crippen LogP contribution is -2.44. The molecule has 0 aliphatic carbocycles. The van der Waals surface area contributed by atoms with E-state index in [0.717, 1.165) is 0 Å². The molecule has 0 spiro atoms. The first-order valence-corrected chi connectivity index (χ1v) is 3.93. The number of ether oxygens (including phenoxy) is 1. The molecule has 0 atom stereocenters. The topological polar surface area (TPSA) is 26.3 Å². The summed E-state index contributed by atoms with van der Waals surface area (Å²) in [6.07, 6.45) is 0. The molecule has 0 aromatic carbocycles. The third kappa shape index (κ3) is 3.10. The number of carbonyl (C=O) groups excluding carboxylic acids is 1. The molecule has 11 heavy (non-hydrogen) atoms. The Bertz CT molecular complexity index is 156. The molecule has 0 N–H and O–H groups in total. The zero-order valence-electron chi connectivity index (χ0n) is 7.69. The van der Waals surface area contributed by atoms with Crippen molar-refractivity contribution in [3.05, 3.63) is 0 Å². The maximum absolute atomic E-state index is 10.6. The maximum atomic E-state index is 10.6. The summed E-state index contributed by atoms with van der Waals surface area (Å²) in [4.78, 5) is 10.1. The van der Waals surface area contributed by atoms with Gasteiger partial charge in [-0.2, -0.15) is 0 Å². The number of carbonyl (C=O) groups is 1. The van der Waals surface area contributed by atoms with Gasteiger partial charge in [0.25, 0.3) is 0 Å².